The minimum absolute atomic E-state index is 0.846. The fourth-order valence-electron chi connectivity index (χ4n) is 11.0. The van der Waals surface area contributed by atoms with E-state index in [9.17, 15) is 0 Å². The van der Waals surface area contributed by atoms with Crippen LogP contribution in [-0.4, -0.2) is 96.3 Å². The van der Waals surface area contributed by atoms with Gasteiger partial charge in [0.1, 0.15) is 28.3 Å². The summed E-state index contributed by atoms with van der Waals surface area (Å²) in [5, 5.41) is 10.9. The van der Waals surface area contributed by atoms with Crippen molar-refractivity contribution in [2.45, 2.75) is 0 Å². The van der Waals surface area contributed by atoms with Gasteiger partial charge in [-0.25, -0.2) is 19.9 Å². The molecule has 0 amide bonds. The first-order valence-electron chi connectivity index (χ1n) is 30.0. The summed E-state index contributed by atoms with van der Waals surface area (Å²) in [7, 11) is 16.4. The van der Waals surface area contributed by atoms with E-state index in [4.69, 9.17) is 8.83 Å². The Morgan fingerprint density at radius 1 is 0.348 bits per heavy atom. The van der Waals surface area contributed by atoms with Crippen LogP contribution in [0.5, 0.6) is 0 Å². The third-order valence-corrected chi connectivity index (χ3v) is 17.8. The lowest BCUT2D eigenvalue weighted by molar-refractivity contribution is 0.568. The number of H-pyrrole nitrogens is 4. The molecule has 16 heteroatoms. The molecule has 0 saturated heterocycles. The molecule has 0 aliphatic carbocycles. The highest BCUT2D eigenvalue weighted by Gasteiger charge is 2.15. The van der Waals surface area contributed by atoms with E-state index < -0.39 is 0 Å². The minimum atomic E-state index is 0.846. The number of nitrogens with zero attached hydrogens (tertiary/aromatic N) is 8. The van der Waals surface area contributed by atoms with Crippen molar-refractivity contribution in [3.05, 3.63) is 242 Å². The number of hydrogen-bond acceptors (Lipinski definition) is 12. The molecular weight excluding hydrogens is 1180 g/mol. The maximum Gasteiger partial charge on any atom is 0.138 e. The molecule has 0 bridgehead atoms. The molecule has 16 aromatic rings. The number of thiophene rings is 2. The Labute approximate surface area is 541 Å². The van der Waals surface area contributed by atoms with E-state index in [1.165, 1.54) is 60.8 Å². The number of furan rings is 2. The van der Waals surface area contributed by atoms with E-state index in [1.54, 1.807) is 41.5 Å². The van der Waals surface area contributed by atoms with E-state index in [2.05, 4.69) is 243 Å². The molecule has 4 N–H and O–H groups in total. The molecule has 0 radical (unpaired) electrons. The summed E-state index contributed by atoms with van der Waals surface area (Å²) >= 11 is 3.46. The highest BCUT2D eigenvalue weighted by atomic mass is 32.1. The first-order chi connectivity index (χ1) is 44.9. The van der Waals surface area contributed by atoms with Gasteiger partial charge in [-0.3, -0.25) is 0 Å². The quantitative estimate of drug-likeness (QED) is 0.0929. The second kappa shape index (κ2) is 26.5. The molecule has 456 valence electrons. The van der Waals surface area contributed by atoms with Crippen LogP contribution in [0, 0.1) is 0 Å². The molecule has 0 aliphatic rings. The van der Waals surface area contributed by atoms with Crippen LogP contribution in [0.1, 0.15) is 0 Å². The van der Waals surface area contributed by atoms with Gasteiger partial charge in [0.05, 0.1) is 18.8 Å². The molecule has 0 unspecified atom stereocenters. The van der Waals surface area contributed by atoms with Crippen LogP contribution < -0.4 is 19.6 Å². The molecule has 0 spiro atoms. The lowest BCUT2D eigenvalue weighted by Gasteiger charge is -2.12. The second-order valence-corrected chi connectivity index (χ2v) is 24.8. The predicted molar refractivity (Wildman–Crippen MR) is 385 cm³/mol. The van der Waals surface area contributed by atoms with Crippen LogP contribution in [-0.2, 0) is 0 Å². The van der Waals surface area contributed by atoms with E-state index in [1.807, 2.05) is 96.0 Å². The van der Waals surface area contributed by atoms with E-state index in [0.29, 0.717) is 0 Å². The van der Waals surface area contributed by atoms with Crippen LogP contribution >= 0.6 is 22.7 Å². The normalized spacial score (nSPS) is 11.0. The molecule has 4 aromatic carbocycles. The average Bonchev–Trinajstić information content (AvgIpc) is 1.75. The van der Waals surface area contributed by atoms with Gasteiger partial charge in [-0.1, -0.05) is 54.6 Å². The Balaban J connectivity index is 0.000000112. The SMILES string of the molecule is CN(C)c1ccc(-c2cnc3[nH]cc(-c4ccco4)c3c2)cc1.CN(C)c1ccc(-c2cnc3[nH]cc(-c4cccs4)c3c2)cc1.CN(C)c1ccc(-c2cnc3[nH]cc(-c4ccoc4)c3c2)cc1.CN(C)c1ccc(-c2cnc3[nH]cc(-c4ccsc4)c3c2)cc1. The summed E-state index contributed by atoms with van der Waals surface area (Å²) in [6.45, 7) is 0. The second-order valence-electron chi connectivity index (χ2n) is 23.0. The molecule has 0 atom stereocenters. The maximum atomic E-state index is 5.52. The smallest absolute Gasteiger partial charge is 0.138 e. The highest BCUT2D eigenvalue weighted by Crippen LogP contribution is 2.37. The Kier molecular flexibility index (Phi) is 17.2. The van der Waals surface area contributed by atoms with Crippen molar-refractivity contribution in [3.63, 3.8) is 0 Å². The molecule has 16 rings (SSSR count). The standard InChI is InChI=1S/2C19H17N3O.2C19H17N3S/c1-22(2)16-5-3-13(4-6-16)15-9-17-18(14-7-8-23-12-14)11-21-19(17)20-10-15;1-22(2)15-7-5-13(6-8-15)14-10-16-17(18-4-3-9-23-18)12-21-19(16)20-11-14;1-22(2)16-5-3-13(4-6-16)15-9-17-18(14-7-8-23-12-14)11-21-19(17)20-10-15;1-22(2)15-7-5-13(6-8-15)14-10-16-17(18-4-3-9-23-18)12-21-19(16)20-11-14/h4*3-12H,1-2H3,(H,20,21). The van der Waals surface area contributed by atoms with Gasteiger partial charge in [0, 0.05) is 205 Å². The summed E-state index contributed by atoms with van der Waals surface area (Å²) in [4.78, 5) is 40.9. The van der Waals surface area contributed by atoms with Gasteiger partial charge in [-0.2, -0.15) is 11.3 Å². The summed E-state index contributed by atoms with van der Waals surface area (Å²) < 4.78 is 10.7. The number of benzene rings is 4. The number of pyridine rings is 4. The summed E-state index contributed by atoms with van der Waals surface area (Å²) in [6.07, 6.45) is 20.8. The monoisotopic (exact) mass is 1240 g/mol. The molecule has 0 saturated carbocycles. The molecule has 12 heterocycles. The number of aromatic amines is 4. The Morgan fingerprint density at radius 3 is 1.09 bits per heavy atom. The van der Waals surface area contributed by atoms with Gasteiger partial charge in [0.2, 0.25) is 0 Å². The first kappa shape index (κ1) is 59.7. The van der Waals surface area contributed by atoms with Gasteiger partial charge in [-0.05, 0) is 147 Å². The Morgan fingerprint density at radius 2 is 0.739 bits per heavy atom. The fourth-order valence-corrected chi connectivity index (χ4v) is 12.5. The number of fused-ring (bicyclic) bond motifs is 4. The van der Waals surface area contributed by atoms with Gasteiger partial charge in [-0.15, -0.1) is 11.3 Å². The van der Waals surface area contributed by atoms with E-state index in [-0.39, 0.29) is 0 Å². The largest absolute Gasteiger partial charge is 0.472 e. The third kappa shape index (κ3) is 12.8. The summed E-state index contributed by atoms with van der Waals surface area (Å²) in [6, 6.07) is 55.1. The number of rotatable bonds is 12. The fraction of sp³-hybridized carbons (Fsp3) is 0.105. The maximum absolute atomic E-state index is 5.52. The van der Waals surface area contributed by atoms with Gasteiger partial charge in [0.15, 0.2) is 0 Å². The van der Waals surface area contributed by atoms with Crippen molar-refractivity contribution in [3.8, 4) is 88.5 Å². The van der Waals surface area contributed by atoms with Gasteiger partial charge in [0.25, 0.3) is 0 Å². The number of aromatic nitrogens is 8. The van der Waals surface area contributed by atoms with Crippen LogP contribution in [0.3, 0.4) is 0 Å². The molecular formula is C76H68N12O2S2. The zero-order chi connectivity index (χ0) is 63.2. The van der Waals surface area contributed by atoms with Crippen LogP contribution in [0.25, 0.3) is 133 Å². The van der Waals surface area contributed by atoms with Crippen molar-refractivity contribution < 1.29 is 8.83 Å². The lowest BCUT2D eigenvalue weighted by Crippen LogP contribution is -2.07. The molecule has 14 nitrogen and oxygen atoms in total. The van der Waals surface area contributed by atoms with Gasteiger partial charge < -0.3 is 48.4 Å². The minimum Gasteiger partial charge on any atom is -0.472 e. The first-order valence-corrected chi connectivity index (χ1v) is 31.8. The number of nitrogens with one attached hydrogen (secondary N) is 4. The molecule has 12 aromatic heterocycles. The van der Waals surface area contributed by atoms with E-state index >= 15 is 0 Å². The summed E-state index contributed by atoms with van der Waals surface area (Å²) in [5.41, 5.74) is 24.4. The Hall–Kier alpha value is -11.2. The van der Waals surface area contributed by atoms with Crippen LogP contribution in [0.4, 0.5) is 22.7 Å². The van der Waals surface area contributed by atoms with E-state index in [0.717, 1.165) is 94.6 Å². The lowest BCUT2D eigenvalue weighted by atomic mass is 10.0. The van der Waals surface area contributed by atoms with Crippen molar-refractivity contribution in [1.29, 1.82) is 0 Å². The molecule has 92 heavy (non-hydrogen) atoms. The van der Waals surface area contributed by atoms with Gasteiger partial charge >= 0.3 is 0 Å². The van der Waals surface area contributed by atoms with Crippen molar-refractivity contribution in [2.24, 2.45) is 0 Å². The average molecular weight is 1250 g/mol. The zero-order valence-corrected chi connectivity index (χ0v) is 53.9. The topological polar surface area (TPSA) is 154 Å². The van der Waals surface area contributed by atoms with Crippen molar-refractivity contribution >= 4 is 89.6 Å². The number of hydrogen-bond donors (Lipinski definition) is 4. The summed E-state index contributed by atoms with van der Waals surface area (Å²) in [5.74, 6) is 0.846. The zero-order valence-electron chi connectivity index (χ0n) is 52.3. The third-order valence-electron chi connectivity index (χ3n) is 16.2. The Bertz CT molecular complexity index is 4380. The van der Waals surface area contributed by atoms with Crippen LogP contribution in [0.15, 0.2) is 251 Å². The highest BCUT2D eigenvalue weighted by molar-refractivity contribution is 7.13. The van der Waals surface area contributed by atoms with Crippen LogP contribution in [0.2, 0.25) is 0 Å². The molecule has 0 aliphatic heterocycles. The number of anilines is 4. The predicted octanol–water partition coefficient (Wildman–Crippen LogP) is 19.2. The molecule has 0 fully saturated rings. The van der Waals surface area contributed by atoms with Crippen molar-refractivity contribution in [1.82, 2.24) is 39.9 Å². The van der Waals surface area contributed by atoms with Crippen molar-refractivity contribution in [2.75, 3.05) is 76.0 Å².